The Morgan fingerprint density at radius 3 is 2.40 bits per heavy atom. The van der Waals surface area contributed by atoms with Crippen molar-refractivity contribution in [3.05, 3.63) is 29.8 Å². The molecule has 2 heterocycles. The van der Waals surface area contributed by atoms with Crippen LogP contribution in [0.4, 0.5) is 5.69 Å². The van der Waals surface area contributed by atoms with Gasteiger partial charge in [0.2, 0.25) is 0 Å². The van der Waals surface area contributed by atoms with Gasteiger partial charge in [0.25, 0.3) is 0 Å². The lowest BCUT2D eigenvalue weighted by atomic mass is 9.85. The Balaban J connectivity index is 0.000000157. The lowest BCUT2D eigenvalue weighted by Crippen LogP contribution is -2.32. The molecular weight excluding hydrogens is 254 g/mol. The Labute approximate surface area is 120 Å². The molecule has 2 bridgehead atoms. The van der Waals surface area contributed by atoms with Crippen LogP contribution >= 0.6 is 0 Å². The number of rotatable bonds is 2. The van der Waals surface area contributed by atoms with Crippen LogP contribution in [0.5, 0.6) is 0 Å². The topological polar surface area (TPSA) is 61.5 Å². The van der Waals surface area contributed by atoms with Crippen LogP contribution in [0.25, 0.3) is 0 Å². The lowest BCUT2D eigenvalue weighted by molar-refractivity contribution is -0.0615. The Kier molecular flexibility index (Phi) is 5.41. The van der Waals surface area contributed by atoms with E-state index < -0.39 is 0 Å². The van der Waals surface area contributed by atoms with Gasteiger partial charge in [0.15, 0.2) is 0 Å². The molecule has 4 heteroatoms. The predicted molar refractivity (Wildman–Crippen MR) is 78.5 cm³/mol. The van der Waals surface area contributed by atoms with Crippen molar-refractivity contribution < 1.29 is 14.3 Å². The molecular formula is C16H23NO3. The summed E-state index contributed by atoms with van der Waals surface area (Å²) in [5.41, 5.74) is 6.44. The summed E-state index contributed by atoms with van der Waals surface area (Å²) in [6.45, 7) is 3.19. The molecule has 110 valence electrons. The minimum atomic E-state index is -0.365. The zero-order valence-electron chi connectivity index (χ0n) is 12.0. The Morgan fingerprint density at radius 1 is 1.30 bits per heavy atom. The van der Waals surface area contributed by atoms with Gasteiger partial charge in [-0.25, -0.2) is 4.79 Å². The minimum Gasteiger partial charge on any atom is -0.462 e. The standard InChI is InChI=1S/C9H11NO2.C7H12O/c1-2-12-9(11)7-5-3-4-6-8(7)10;1-3-7-4-2-6(1)5-8-7/h3-6H,2,10H2,1H3;6-7H,1-5H2. The van der Waals surface area contributed by atoms with Gasteiger partial charge in [-0.3, -0.25) is 0 Å². The molecule has 2 N–H and O–H groups in total. The van der Waals surface area contributed by atoms with Crippen LogP contribution in [0.3, 0.4) is 0 Å². The first-order valence-corrected chi connectivity index (χ1v) is 7.34. The number of carbonyl (C=O) groups is 1. The van der Waals surface area contributed by atoms with Gasteiger partial charge in [0.05, 0.1) is 18.3 Å². The monoisotopic (exact) mass is 277 g/mol. The zero-order chi connectivity index (χ0) is 14.4. The first kappa shape index (κ1) is 14.9. The van der Waals surface area contributed by atoms with Crippen LogP contribution in [0.1, 0.15) is 43.0 Å². The SMILES string of the molecule is C1CC2CCC1CO2.CCOC(=O)c1ccccc1N. The average molecular weight is 277 g/mol. The van der Waals surface area contributed by atoms with Gasteiger partial charge in [-0.15, -0.1) is 0 Å². The molecule has 2 saturated heterocycles. The van der Waals surface area contributed by atoms with Crippen molar-refractivity contribution in [3.63, 3.8) is 0 Å². The number of ether oxygens (including phenoxy) is 2. The number of para-hydroxylation sites is 1. The molecule has 4 rings (SSSR count). The lowest BCUT2D eigenvalue weighted by Gasteiger charge is -2.35. The van der Waals surface area contributed by atoms with E-state index in [9.17, 15) is 4.79 Å². The van der Waals surface area contributed by atoms with Gasteiger partial charge in [0, 0.05) is 12.3 Å². The van der Waals surface area contributed by atoms with Crippen molar-refractivity contribution in [1.82, 2.24) is 0 Å². The summed E-state index contributed by atoms with van der Waals surface area (Å²) in [4.78, 5) is 11.2. The van der Waals surface area contributed by atoms with Gasteiger partial charge in [-0.2, -0.15) is 0 Å². The number of hydrogen-bond donors (Lipinski definition) is 1. The van der Waals surface area contributed by atoms with E-state index in [4.69, 9.17) is 15.2 Å². The summed E-state index contributed by atoms with van der Waals surface area (Å²) in [6, 6.07) is 6.85. The third-order valence-corrected chi connectivity index (χ3v) is 3.82. The Bertz CT molecular complexity index is 416. The zero-order valence-corrected chi connectivity index (χ0v) is 12.0. The molecule has 1 aliphatic carbocycles. The van der Waals surface area contributed by atoms with Crippen LogP contribution in [-0.4, -0.2) is 25.3 Å². The van der Waals surface area contributed by atoms with Crippen molar-refractivity contribution in [2.75, 3.05) is 18.9 Å². The summed E-state index contributed by atoms with van der Waals surface area (Å²) in [7, 11) is 0. The fourth-order valence-electron chi connectivity index (χ4n) is 2.63. The predicted octanol–water partition coefficient (Wildman–Crippen LogP) is 3.02. The molecule has 0 spiro atoms. The van der Waals surface area contributed by atoms with Crippen LogP contribution < -0.4 is 5.73 Å². The quantitative estimate of drug-likeness (QED) is 0.666. The molecule has 0 amide bonds. The maximum Gasteiger partial charge on any atom is 0.340 e. The highest BCUT2D eigenvalue weighted by Crippen LogP contribution is 2.32. The average Bonchev–Trinajstić information content (AvgIpc) is 2.50. The highest BCUT2D eigenvalue weighted by atomic mass is 16.5. The first-order valence-electron chi connectivity index (χ1n) is 7.34. The summed E-state index contributed by atoms with van der Waals surface area (Å²) < 4.78 is 10.3. The van der Waals surface area contributed by atoms with E-state index in [1.54, 1.807) is 31.2 Å². The van der Waals surface area contributed by atoms with Crippen LogP contribution in [-0.2, 0) is 9.47 Å². The minimum absolute atomic E-state index is 0.365. The van der Waals surface area contributed by atoms with E-state index in [0.717, 1.165) is 12.5 Å². The van der Waals surface area contributed by atoms with Crippen molar-refractivity contribution >= 4 is 11.7 Å². The second-order valence-electron chi connectivity index (χ2n) is 5.28. The third-order valence-electron chi connectivity index (χ3n) is 3.82. The van der Waals surface area contributed by atoms with Gasteiger partial charge >= 0.3 is 5.97 Å². The molecule has 0 aromatic heterocycles. The molecule has 1 aromatic rings. The van der Waals surface area contributed by atoms with Crippen LogP contribution in [0, 0.1) is 5.92 Å². The van der Waals surface area contributed by atoms with E-state index in [2.05, 4.69) is 0 Å². The molecule has 4 nitrogen and oxygen atoms in total. The second kappa shape index (κ2) is 7.29. The number of hydrogen-bond acceptors (Lipinski definition) is 4. The molecule has 0 atom stereocenters. The van der Waals surface area contributed by atoms with Crippen LogP contribution in [0.2, 0.25) is 0 Å². The number of esters is 1. The van der Waals surface area contributed by atoms with E-state index in [0.29, 0.717) is 24.0 Å². The fourth-order valence-corrected chi connectivity index (χ4v) is 2.63. The molecule has 2 aliphatic heterocycles. The second-order valence-corrected chi connectivity index (χ2v) is 5.28. The number of nitrogens with two attached hydrogens (primary N) is 1. The Hall–Kier alpha value is -1.55. The molecule has 1 aromatic carbocycles. The third kappa shape index (κ3) is 3.97. The molecule has 20 heavy (non-hydrogen) atoms. The smallest absolute Gasteiger partial charge is 0.340 e. The van der Waals surface area contributed by atoms with Gasteiger partial charge < -0.3 is 15.2 Å². The maximum absolute atomic E-state index is 11.2. The van der Waals surface area contributed by atoms with E-state index in [1.165, 1.54) is 25.7 Å². The van der Waals surface area contributed by atoms with Crippen molar-refractivity contribution in [3.8, 4) is 0 Å². The Morgan fingerprint density at radius 2 is 2.00 bits per heavy atom. The molecule has 3 fully saturated rings. The van der Waals surface area contributed by atoms with E-state index >= 15 is 0 Å². The van der Waals surface area contributed by atoms with E-state index in [1.807, 2.05) is 0 Å². The number of nitrogen functional groups attached to an aromatic ring is 1. The maximum atomic E-state index is 11.2. The largest absolute Gasteiger partial charge is 0.462 e. The summed E-state index contributed by atoms with van der Waals surface area (Å²) in [6.07, 6.45) is 6.20. The number of benzene rings is 1. The number of anilines is 1. The molecule has 3 aliphatic rings. The van der Waals surface area contributed by atoms with Crippen LogP contribution in [0.15, 0.2) is 24.3 Å². The highest BCUT2D eigenvalue weighted by Gasteiger charge is 2.27. The summed E-state index contributed by atoms with van der Waals surface area (Å²) >= 11 is 0. The number of fused-ring (bicyclic) bond motifs is 3. The van der Waals surface area contributed by atoms with E-state index in [-0.39, 0.29) is 5.97 Å². The number of carbonyl (C=O) groups excluding carboxylic acids is 1. The molecule has 1 saturated carbocycles. The normalized spacial score (nSPS) is 23.6. The highest BCUT2D eigenvalue weighted by molar-refractivity contribution is 5.94. The van der Waals surface area contributed by atoms with Gasteiger partial charge in [-0.1, -0.05) is 12.1 Å². The van der Waals surface area contributed by atoms with Crippen molar-refractivity contribution in [1.29, 1.82) is 0 Å². The summed E-state index contributed by atoms with van der Waals surface area (Å²) in [5.74, 6) is 0.565. The fraction of sp³-hybridized carbons (Fsp3) is 0.562. The van der Waals surface area contributed by atoms with Gasteiger partial charge in [0.1, 0.15) is 0 Å². The van der Waals surface area contributed by atoms with Gasteiger partial charge in [-0.05, 0) is 50.7 Å². The first-order chi connectivity index (χ1) is 9.70. The van der Waals surface area contributed by atoms with Crippen molar-refractivity contribution in [2.24, 2.45) is 5.92 Å². The summed E-state index contributed by atoms with van der Waals surface area (Å²) in [5, 5.41) is 0. The molecule has 0 unspecified atom stereocenters. The van der Waals surface area contributed by atoms with Crippen molar-refractivity contribution in [2.45, 2.75) is 38.7 Å². The molecule has 0 radical (unpaired) electrons.